The molecule has 1 aromatic heterocycles. The molecule has 0 bridgehead atoms. The molecule has 1 nitrogen and oxygen atoms in total. The number of fused-ring (bicyclic) bond motifs is 8. The molecule has 0 aliphatic heterocycles. The lowest BCUT2D eigenvalue weighted by atomic mass is 9.81. The van der Waals surface area contributed by atoms with Crippen molar-refractivity contribution >= 4 is 75.8 Å². The third-order valence-corrected chi connectivity index (χ3v) is 14.6. The highest BCUT2D eigenvalue weighted by Gasteiger charge is 2.35. The molecule has 0 atom stereocenters. The van der Waals surface area contributed by atoms with Gasteiger partial charge in [-0.2, -0.15) is 0 Å². The van der Waals surface area contributed by atoms with E-state index in [9.17, 15) is 0 Å². The van der Waals surface area contributed by atoms with Crippen LogP contribution in [0.5, 0.6) is 0 Å². The second-order valence-electron chi connectivity index (χ2n) is 18.3. The summed E-state index contributed by atoms with van der Waals surface area (Å²) in [5, 5.41) is 14.8. The molecular formula is C63H40O. The van der Waals surface area contributed by atoms with Crippen molar-refractivity contribution in [2.45, 2.75) is 19.3 Å². The maximum absolute atomic E-state index is 7.17. The first kappa shape index (κ1) is 35.6. The minimum atomic E-state index is -0.0725. The van der Waals surface area contributed by atoms with Gasteiger partial charge in [0.2, 0.25) is 0 Å². The molecule has 14 rings (SSSR count). The van der Waals surface area contributed by atoms with Gasteiger partial charge in [-0.05, 0) is 139 Å². The highest BCUT2D eigenvalue weighted by molar-refractivity contribution is 6.29. The molecule has 1 aliphatic rings. The van der Waals surface area contributed by atoms with E-state index in [1.54, 1.807) is 0 Å². The Kier molecular flexibility index (Phi) is 7.24. The normalized spacial score (nSPS) is 13.3. The molecule has 1 heteroatoms. The highest BCUT2D eigenvalue weighted by atomic mass is 16.3. The summed E-state index contributed by atoms with van der Waals surface area (Å²) in [6.45, 7) is 4.72. The van der Waals surface area contributed by atoms with Gasteiger partial charge in [0.1, 0.15) is 11.2 Å². The molecule has 0 fully saturated rings. The SMILES string of the molecule is CC1(C)c2ccccc2-c2ccc(-c3ccc(-c4ccc(-c5ccc6ccc7c(-c8ccccc8)ccc8ccc5c6c87)c5c4oc4cc6ccccc6cc45)c4ccccc34)cc21. The largest absolute Gasteiger partial charge is 0.455 e. The number of hydrogen-bond acceptors (Lipinski definition) is 1. The minimum absolute atomic E-state index is 0.0725. The van der Waals surface area contributed by atoms with E-state index in [-0.39, 0.29) is 5.41 Å². The zero-order chi connectivity index (χ0) is 42.3. The summed E-state index contributed by atoms with van der Waals surface area (Å²) in [5.41, 5.74) is 16.8. The van der Waals surface area contributed by atoms with Crippen LogP contribution in [-0.2, 0) is 5.41 Å². The summed E-state index contributed by atoms with van der Waals surface area (Å²) in [6, 6.07) is 76.6. The van der Waals surface area contributed by atoms with Crippen LogP contribution in [0.3, 0.4) is 0 Å². The number of hydrogen-bond donors (Lipinski definition) is 0. The quantitative estimate of drug-likeness (QED) is 0.161. The Balaban J connectivity index is 1.00. The number of rotatable bonds is 4. The van der Waals surface area contributed by atoms with Crippen LogP contribution in [0.2, 0.25) is 0 Å². The first-order valence-electron chi connectivity index (χ1n) is 22.4. The van der Waals surface area contributed by atoms with Crippen LogP contribution >= 0.6 is 0 Å². The summed E-state index contributed by atoms with van der Waals surface area (Å²) in [5.74, 6) is 0. The molecule has 0 saturated heterocycles. The van der Waals surface area contributed by atoms with E-state index in [1.165, 1.54) is 109 Å². The Labute approximate surface area is 370 Å². The van der Waals surface area contributed by atoms with Crippen LogP contribution in [0.25, 0.3) is 131 Å². The molecule has 13 aromatic rings. The molecule has 0 spiro atoms. The van der Waals surface area contributed by atoms with Crippen LogP contribution in [-0.4, -0.2) is 0 Å². The molecule has 12 aromatic carbocycles. The van der Waals surface area contributed by atoms with Crippen molar-refractivity contribution in [2.24, 2.45) is 0 Å². The van der Waals surface area contributed by atoms with Crippen molar-refractivity contribution < 1.29 is 4.42 Å². The molecule has 1 heterocycles. The smallest absolute Gasteiger partial charge is 0.143 e. The van der Waals surface area contributed by atoms with E-state index in [4.69, 9.17) is 4.42 Å². The Morgan fingerprint density at radius 2 is 0.828 bits per heavy atom. The van der Waals surface area contributed by atoms with Gasteiger partial charge in [0, 0.05) is 21.8 Å². The fourth-order valence-corrected chi connectivity index (χ4v) is 11.6. The average molecular weight is 813 g/mol. The monoisotopic (exact) mass is 812 g/mol. The third kappa shape index (κ3) is 4.90. The first-order valence-corrected chi connectivity index (χ1v) is 22.4. The molecule has 0 saturated carbocycles. The van der Waals surface area contributed by atoms with Gasteiger partial charge in [0.25, 0.3) is 0 Å². The standard InChI is InChI=1S/C63H40O/c1-63(2)56-19-11-10-18-49(56)50-27-24-42(35-57(50)63)44-30-31-47(46-17-9-8-16-45(44)46)54-33-32-53(61-55-34-40-14-6-7-15-41(40)36-58(55)64-62(54)61)48-26-21-39-22-28-51-43(37-12-4-3-5-13-37)25-20-38-23-29-52(48)60(39)59(38)51/h3-36H,1-2H3. The van der Waals surface area contributed by atoms with E-state index in [1.807, 2.05) is 0 Å². The van der Waals surface area contributed by atoms with Gasteiger partial charge in [-0.15, -0.1) is 0 Å². The molecule has 0 amide bonds. The summed E-state index contributed by atoms with van der Waals surface area (Å²) in [4.78, 5) is 0. The van der Waals surface area contributed by atoms with Gasteiger partial charge in [-0.25, -0.2) is 0 Å². The molecule has 0 radical (unpaired) electrons. The van der Waals surface area contributed by atoms with Gasteiger partial charge in [0.15, 0.2) is 0 Å². The molecule has 1 aliphatic carbocycles. The topological polar surface area (TPSA) is 13.1 Å². The van der Waals surface area contributed by atoms with Crippen molar-refractivity contribution in [1.29, 1.82) is 0 Å². The molecular weight excluding hydrogens is 773 g/mol. The molecule has 0 N–H and O–H groups in total. The summed E-state index contributed by atoms with van der Waals surface area (Å²) < 4.78 is 7.17. The fraction of sp³-hybridized carbons (Fsp3) is 0.0476. The Bertz CT molecular complexity index is 4090. The van der Waals surface area contributed by atoms with E-state index in [0.717, 1.165) is 33.1 Å². The molecule has 64 heavy (non-hydrogen) atoms. The minimum Gasteiger partial charge on any atom is -0.455 e. The van der Waals surface area contributed by atoms with Crippen molar-refractivity contribution in [1.82, 2.24) is 0 Å². The Morgan fingerprint density at radius 1 is 0.297 bits per heavy atom. The van der Waals surface area contributed by atoms with Crippen LogP contribution in [0.1, 0.15) is 25.0 Å². The van der Waals surface area contributed by atoms with Crippen molar-refractivity contribution in [3.63, 3.8) is 0 Å². The summed E-state index contributed by atoms with van der Waals surface area (Å²) >= 11 is 0. The Morgan fingerprint density at radius 3 is 1.62 bits per heavy atom. The van der Waals surface area contributed by atoms with Crippen molar-refractivity contribution in [2.75, 3.05) is 0 Å². The van der Waals surface area contributed by atoms with Crippen molar-refractivity contribution in [3.8, 4) is 55.6 Å². The number of benzene rings is 12. The predicted octanol–water partition coefficient (Wildman–Crippen LogP) is 17.8. The van der Waals surface area contributed by atoms with Crippen molar-refractivity contribution in [3.05, 3.63) is 217 Å². The second kappa shape index (κ2) is 13.0. The lowest BCUT2D eigenvalue weighted by Gasteiger charge is -2.22. The van der Waals surface area contributed by atoms with Crippen LogP contribution < -0.4 is 0 Å². The maximum atomic E-state index is 7.17. The van der Waals surface area contributed by atoms with E-state index in [2.05, 4.69) is 220 Å². The zero-order valence-corrected chi connectivity index (χ0v) is 35.5. The second-order valence-corrected chi connectivity index (χ2v) is 18.3. The van der Waals surface area contributed by atoms with Gasteiger partial charge in [0.05, 0.1) is 0 Å². The number of furan rings is 1. The van der Waals surface area contributed by atoms with Gasteiger partial charge in [-0.1, -0.05) is 196 Å². The third-order valence-electron chi connectivity index (χ3n) is 14.6. The maximum Gasteiger partial charge on any atom is 0.143 e. The van der Waals surface area contributed by atoms with Gasteiger partial charge >= 0.3 is 0 Å². The predicted molar refractivity (Wildman–Crippen MR) is 272 cm³/mol. The lowest BCUT2D eigenvalue weighted by molar-refractivity contribution is 0.660. The van der Waals surface area contributed by atoms with E-state index in [0.29, 0.717) is 0 Å². The molecule has 0 unspecified atom stereocenters. The van der Waals surface area contributed by atoms with Gasteiger partial charge < -0.3 is 4.42 Å². The highest BCUT2D eigenvalue weighted by Crippen LogP contribution is 2.52. The van der Waals surface area contributed by atoms with Crippen LogP contribution in [0.15, 0.2) is 211 Å². The van der Waals surface area contributed by atoms with Crippen LogP contribution in [0.4, 0.5) is 0 Å². The summed E-state index contributed by atoms with van der Waals surface area (Å²) in [7, 11) is 0. The van der Waals surface area contributed by atoms with E-state index < -0.39 is 0 Å². The van der Waals surface area contributed by atoms with Gasteiger partial charge in [-0.3, -0.25) is 0 Å². The molecule has 298 valence electrons. The Hall–Kier alpha value is -8.00. The first-order chi connectivity index (χ1) is 31.5. The van der Waals surface area contributed by atoms with E-state index >= 15 is 0 Å². The lowest BCUT2D eigenvalue weighted by Crippen LogP contribution is -2.14. The average Bonchev–Trinajstić information content (AvgIpc) is 3.83. The fourth-order valence-electron chi connectivity index (χ4n) is 11.6. The summed E-state index contributed by atoms with van der Waals surface area (Å²) in [6.07, 6.45) is 0. The zero-order valence-electron chi connectivity index (χ0n) is 35.5. The van der Waals surface area contributed by atoms with Crippen LogP contribution in [0, 0.1) is 0 Å².